The molecule has 7 heteroatoms. The van der Waals surface area contributed by atoms with E-state index >= 15 is 0 Å². The number of esters is 1. The molecular formula is C14H14N2O4S. The van der Waals surface area contributed by atoms with Crippen LogP contribution >= 0.6 is 11.3 Å². The monoisotopic (exact) mass is 306 g/mol. The Balaban J connectivity index is 2.18. The number of carbonyl (C=O) groups is 2. The molecule has 0 atom stereocenters. The van der Waals surface area contributed by atoms with Gasteiger partial charge in [0, 0.05) is 12.2 Å². The quantitative estimate of drug-likeness (QED) is 0.482. The van der Waals surface area contributed by atoms with Crippen molar-refractivity contribution >= 4 is 38.6 Å². The summed E-state index contributed by atoms with van der Waals surface area (Å²) in [4.78, 5) is 32.6. The summed E-state index contributed by atoms with van der Waals surface area (Å²) in [6, 6.07) is 7.51. The summed E-state index contributed by atoms with van der Waals surface area (Å²) < 4.78 is 5.65. The molecule has 0 bridgehead atoms. The molecule has 0 aliphatic heterocycles. The highest BCUT2D eigenvalue weighted by Crippen LogP contribution is 2.28. The van der Waals surface area contributed by atoms with Gasteiger partial charge in [0.1, 0.15) is 0 Å². The fourth-order valence-corrected chi connectivity index (χ4v) is 2.56. The summed E-state index contributed by atoms with van der Waals surface area (Å²) >= 11 is 1.32. The van der Waals surface area contributed by atoms with E-state index in [0.29, 0.717) is 5.13 Å². The summed E-state index contributed by atoms with van der Waals surface area (Å²) in [5, 5.41) is 1.43. The van der Waals surface area contributed by atoms with Crippen LogP contribution in [0.3, 0.4) is 0 Å². The molecule has 0 spiro atoms. The van der Waals surface area contributed by atoms with Crippen LogP contribution < -0.4 is 5.06 Å². The van der Waals surface area contributed by atoms with Gasteiger partial charge in [-0.2, -0.15) is 5.06 Å². The number of fused-ring (bicyclic) bond motifs is 1. The standard InChI is InChI=1S/C14H14N2O4S/c1-3-20-13(18)9-8-12(17)16(19-2)14-15-10-6-4-5-7-11(10)21-14/h4-9H,3H2,1-2H3. The lowest BCUT2D eigenvalue weighted by molar-refractivity contribution is -0.137. The van der Waals surface area contributed by atoms with Gasteiger partial charge in [-0.1, -0.05) is 23.5 Å². The second-order valence-electron chi connectivity index (χ2n) is 3.86. The van der Waals surface area contributed by atoms with Crippen molar-refractivity contribution in [1.82, 2.24) is 4.98 Å². The number of para-hydroxylation sites is 1. The average molecular weight is 306 g/mol. The number of amides is 1. The second-order valence-corrected chi connectivity index (χ2v) is 4.87. The largest absolute Gasteiger partial charge is 0.463 e. The molecule has 1 amide bonds. The van der Waals surface area contributed by atoms with Gasteiger partial charge in [-0.05, 0) is 19.1 Å². The van der Waals surface area contributed by atoms with Crippen molar-refractivity contribution in [2.45, 2.75) is 6.92 Å². The maximum Gasteiger partial charge on any atom is 0.330 e. The van der Waals surface area contributed by atoms with E-state index in [1.807, 2.05) is 24.3 Å². The van der Waals surface area contributed by atoms with Crippen molar-refractivity contribution in [2.75, 3.05) is 18.8 Å². The first-order chi connectivity index (χ1) is 10.2. The molecule has 0 fully saturated rings. The molecule has 0 aliphatic carbocycles. The van der Waals surface area contributed by atoms with E-state index < -0.39 is 11.9 Å². The van der Waals surface area contributed by atoms with E-state index in [9.17, 15) is 9.59 Å². The Labute approximate surface area is 125 Å². The lowest BCUT2D eigenvalue weighted by Crippen LogP contribution is -2.28. The number of rotatable bonds is 5. The molecule has 0 aliphatic rings. The number of hydrogen-bond donors (Lipinski definition) is 0. The molecule has 0 saturated heterocycles. The maximum absolute atomic E-state index is 12.0. The lowest BCUT2D eigenvalue weighted by Gasteiger charge is -2.13. The van der Waals surface area contributed by atoms with Crippen LogP contribution in [-0.4, -0.2) is 30.6 Å². The Morgan fingerprint density at radius 2 is 2.10 bits per heavy atom. The molecule has 2 rings (SSSR count). The van der Waals surface area contributed by atoms with Crippen LogP contribution in [0.2, 0.25) is 0 Å². The summed E-state index contributed by atoms with van der Waals surface area (Å²) in [5.74, 6) is -1.09. The van der Waals surface area contributed by atoms with Crippen molar-refractivity contribution in [3.63, 3.8) is 0 Å². The molecule has 2 aromatic rings. The highest BCUT2D eigenvalue weighted by Gasteiger charge is 2.18. The van der Waals surface area contributed by atoms with Gasteiger partial charge in [0.2, 0.25) is 5.13 Å². The third-order valence-electron chi connectivity index (χ3n) is 2.49. The van der Waals surface area contributed by atoms with Crippen molar-refractivity contribution in [3.8, 4) is 0 Å². The highest BCUT2D eigenvalue weighted by molar-refractivity contribution is 7.22. The minimum absolute atomic E-state index is 0.253. The number of aromatic nitrogens is 1. The summed E-state index contributed by atoms with van der Waals surface area (Å²) in [6.45, 7) is 1.94. The lowest BCUT2D eigenvalue weighted by atomic mass is 10.3. The number of thiazole rings is 1. The molecule has 0 radical (unpaired) electrons. The minimum Gasteiger partial charge on any atom is -0.463 e. The minimum atomic E-state index is -0.578. The van der Waals surface area contributed by atoms with Gasteiger partial charge in [-0.25, -0.2) is 9.78 Å². The van der Waals surface area contributed by atoms with Crippen molar-refractivity contribution < 1.29 is 19.2 Å². The van der Waals surface area contributed by atoms with Crippen LogP contribution in [0.4, 0.5) is 5.13 Å². The van der Waals surface area contributed by atoms with Gasteiger partial charge in [-0.15, -0.1) is 0 Å². The van der Waals surface area contributed by atoms with Gasteiger partial charge >= 0.3 is 5.97 Å². The third-order valence-corrected chi connectivity index (χ3v) is 3.49. The summed E-state index contributed by atoms with van der Waals surface area (Å²) in [7, 11) is 1.36. The van der Waals surface area contributed by atoms with E-state index in [4.69, 9.17) is 9.57 Å². The van der Waals surface area contributed by atoms with E-state index in [-0.39, 0.29) is 6.61 Å². The number of carbonyl (C=O) groups excluding carboxylic acids is 2. The number of anilines is 1. The summed E-state index contributed by atoms with van der Waals surface area (Å²) in [6.07, 6.45) is 2.15. The van der Waals surface area contributed by atoms with E-state index in [2.05, 4.69) is 4.98 Å². The molecule has 1 heterocycles. The highest BCUT2D eigenvalue weighted by atomic mass is 32.1. The van der Waals surface area contributed by atoms with Crippen molar-refractivity contribution in [1.29, 1.82) is 0 Å². The van der Waals surface area contributed by atoms with Crippen LogP contribution in [0.25, 0.3) is 10.2 Å². The predicted molar refractivity (Wildman–Crippen MR) is 79.9 cm³/mol. The molecular weight excluding hydrogens is 292 g/mol. The van der Waals surface area contributed by atoms with Gasteiger partial charge in [-0.3, -0.25) is 9.63 Å². The first-order valence-corrected chi connectivity index (χ1v) is 7.06. The fraction of sp³-hybridized carbons (Fsp3) is 0.214. The van der Waals surface area contributed by atoms with E-state index in [0.717, 1.165) is 27.4 Å². The Morgan fingerprint density at radius 3 is 2.76 bits per heavy atom. The van der Waals surface area contributed by atoms with Gasteiger partial charge in [0.05, 0.1) is 23.9 Å². The van der Waals surface area contributed by atoms with Gasteiger partial charge < -0.3 is 4.74 Å². The van der Waals surface area contributed by atoms with Crippen LogP contribution in [-0.2, 0) is 19.2 Å². The molecule has 1 aromatic carbocycles. The topological polar surface area (TPSA) is 68.7 Å². The Bertz CT molecular complexity index is 647. The second kappa shape index (κ2) is 6.96. The van der Waals surface area contributed by atoms with Crippen LogP contribution in [0, 0.1) is 0 Å². The van der Waals surface area contributed by atoms with Crippen molar-refractivity contribution in [3.05, 3.63) is 36.4 Å². The van der Waals surface area contributed by atoms with Crippen molar-refractivity contribution in [2.24, 2.45) is 0 Å². The molecule has 0 saturated carbocycles. The SMILES string of the molecule is CCOC(=O)C=CC(=O)N(OC)c1nc2ccccc2s1. The zero-order chi connectivity index (χ0) is 15.2. The number of ether oxygens (including phenoxy) is 1. The van der Waals surface area contributed by atoms with Crippen LogP contribution in [0.15, 0.2) is 36.4 Å². The predicted octanol–water partition coefficient (Wildman–Crippen LogP) is 2.31. The Kier molecular flexibility index (Phi) is 5.02. The van der Waals surface area contributed by atoms with Crippen LogP contribution in [0.5, 0.6) is 0 Å². The first-order valence-electron chi connectivity index (χ1n) is 6.24. The summed E-state index contributed by atoms with van der Waals surface area (Å²) in [5.41, 5.74) is 0.779. The Morgan fingerprint density at radius 1 is 1.33 bits per heavy atom. The van der Waals surface area contributed by atoms with Gasteiger partial charge in [0.25, 0.3) is 5.91 Å². The molecule has 6 nitrogen and oxygen atoms in total. The van der Waals surface area contributed by atoms with E-state index in [1.54, 1.807) is 6.92 Å². The molecule has 1 aromatic heterocycles. The average Bonchev–Trinajstić information content (AvgIpc) is 2.89. The molecule has 110 valence electrons. The number of hydroxylamine groups is 1. The molecule has 0 N–H and O–H groups in total. The van der Waals surface area contributed by atoms with Crippen LogP contribution in [0.1, 0.15) is 6.92 Å². The van der Waals surface area contributed by atoms with Gasteiger partial charge in [0.15, 0.2) is 0 Å². The number of benzene rings is 1. The first kappa shape index (κ1) is 15.1. The van der Waals surface area contributed by atoms with E-state index in [1.165, 1.54) is 18.4 Å². The maximum atomic E-state index is 12.0. The normalized spacial score (nSPS) is 11.0. The Hall–Kier alpha value is -2.25. The zero-order valence-electron chi connectivity index (χ0n) is 11.6. The number of hydrogen-bond acceptors (Lipinski definition) is 6. The fourth-order valence-electron chi connectivity index (χ4n) is 1.61. The number of nitrogens with zero attached hydrogens (tertiary/aromatic N) is 2. The molecule has 0 unspecified atom stereocenters. The zero-order valence-corrected chi connectivity index (χ0v) is 12.4. The third kappa shape index (κ3) is 3.65. The smallest absolute Gasteiger partial charge is 0.330 e. The molecule has 21 heavy (non-hydrogen) atoms.